The van der Waals surface area contributed by atoms with E-state index in [-0.39, 0.29) is 5.91 Å². The topological polar surface area (TPSA) is 56.7 Å². The zero-order chi connectivity index (χ0) is 15.8. The Morgan fingerprint density at radius 1 is 1.27 bits per heavy atom. The number of rotatable bonds is 6. The minimum atomic E-state index is 0.211. The van der Waals surface area contributed by atoms with Crippen molar-refractivity contribution in [2.45, 2.75) is 32.6 Å². The molecule has 1 heterocycles. The van der Waals surface area contributed by atoms with Gasteiger partial charge in [0.2, 0.25) is 5.91 Å². The number of fused-ring (bicyclic) bond motifs is 1. The lowest BCUT2D eigenvalue weighted by molar-refractivity contribution is -0.118. The van der Waals surface area contributed by atoms with E-state index in [2.05, 4.69) is 28.6 Å². The Morgan fingerprint density at radius 3 is 2.82 bits per heavy atom. The van der Waals surface area contributed by atoms with Crippen LogP contribution in [0.25, 0.3) is 0 Å². The monoisotopic (exact) mass is 302 g/mol. The van der Waals surface area contributed by atoms with Gasteiger partial charge in [-0.3, -0.25) is 9.79 Å². The van der Waals surface area contributed by atoms with Gasteiger partial charge in [0.05, 0.1) is 0 Å². The van der Waals surface area contributed by atoms with Crippen LogP contribution in [0.3, 0.4) is 0 Å². The van der Waals surface area contributed by atoms with Crippen LogP contribution in [0, 0.1) is 0 Å². The smallest absolute Gasteiger partial charge is 0.227 e. The minimum absolute atomic E-state index is 0.211. The molecule has 1 aliphatic rings. The maximum absolute atomic E-state index is 12.3. The number of aliphatic imine (C=N–C) groups is 1. The van der Waals surface area contributed by atoms with E-state index in [1.807, 2.05) is 23.1 Å². The molecule has 0 aromatic heterocycles. The number of para-hydroxylation sites is 1. The average Bonchev–Trinajstić information content (AvgIpc) is 2.98. The van der Waals surface area contributed by atoms with Gasteiger partial charge >= 0.3 is 0 Å². The first-order valence-corrected chi connectivity index (χ1v) is 8.09. The van der Waals surface area contributed by atoms with Gasteiger partial charge in [0, 0.05) is 38.8 Å². The van der Waals surface area contributed by atoms with Crippen molar-refractivity contribution < 1.29 is 4.79 Å². The standard InChI is InChI=1S/C17H26N4O/c1-3-11-19-17(18-2)20-12-6-9-16(22)21-13-10-14-7-4-5-8-15(14)21/h4-5,7-8H,3,6,9-13H2,1-2H3,(H2,18,19,20). The first-order chi connectivity index (χ1) is 10.8. The fourth-order valence-corrected chi connectivity index (χ4v) is 2.64. The molecule has 1 aliphatic heterocycles. The normalized spacial score (nSPS) is 13.9. The number of carbonyl (C=O) groups excluding carboxylic acids is 1. The fraction of sp³-hybridized carbons (Fsp3) is 0.529. The van der Waals surface area contributed by atoms with Crippen LogP contribution < -0.4 is 15.5 Å². The van der Waals surface area contributed by atoms with Crippen molar-refractivity contribution in [3.63, 3.8) is 0 Å². The summed E-state index contributed by atoms with van der Waals surface area (Å²) in [7, 11) is 1.76. The number of hydrogen-bond acceptors (Lipinski definition) is 2. The summed E-state index contributed by atoms with van der Waals surface area (Å²) in [5.41, 5.74) is 2.36. The van der Waals surface area contributed by atoms with E-state index in [1.54, 1.807) is 7.05 Å². The van der Waals surface area contributed by atoms with E-state index < -0.39 is 0 Å². The van der Waals surface area contributed by atoms with Crippen LogP contribution in [-0.2, 0) is 11.2 Å². The van der Waals surface area contributed by atoms with E-state index in [0.29, 0.717) is 6.42 Å². The summed E-state index contributed by atoms with van der Waals surface area (Å²) >= 11 is 0. The molecule has 0 bridgehead atoms. The van der Waals surface area contributed by atoms with Gasteiger partial charge in [-0.25, -0.2) is 0 Å². The molecule has 0 atom stereocenters. The van der Waals surface area contributed by atoms with Crippen LogP contribution in [-0.4, -0.2) is 38.5 Å². The number of nitrogens with one attached hydrogen (secondary N) is 2. The molecular formula is C17H26N4O. The van der Waals surface area contributed by atoms with Gasteiger partial charge in [0.25, 0.3) is 0 Å². The summed E-state index contributed by atoms with van der Waals surface area (Å²) in [5.74, 6) is 1.02. The molecule has 0 unspecified atom stereocenters. The Bertz CT molecular complexity index is 527. The highest BCUT2D eigenvalue weighted by Crippen LogP contribution is 2.27. The molecule has 120 valence electrons. The summed E-state index contributed by atoms with van der Waals surface area (Å²) in [6.07, 6.45) is 3.40. The predicted octanol–water partition coefficient (Wildman–Crippen LogP) is 1.93. The van der Waals surface area contributed by atoms with Crippen molar-refractivity contribution in [3.05, 3.63) is 29.8 Å². The Kier molecular flexibility index (Phi) is 6.25. The summed E-state index contributed by atoms with van der Waals surface area (Å²) in [6, 6.07) is 8.17. The molecule has 0 aliphatic carbocycles. The van der Waals surface area contributed by atoms with E-state index in [9.17, 15) is 4.79 Å². The molecule has 0 spiro atoms. The van der Waals surface area contributed by atoms with Crippen LogP contribution in [0.5, 0.6) is 0 Å². The van der Waals surface area contributed by atoms with Crippen LogP contribution in [0.2, 0.25) is 0 Å². The first-order valence-electron chi connectivity index (χ1n) is 8.09. The van der Waals surface area contributed by atoms with E-state index in [4.69, 9.17) is 0 Å². The second-order valence-corrected chi connectivity index (χ2v) is 5.45. The zero-order valence-electron chi connectivity index (χ0n) is 13.6. The molecule has 1 aromatic rings. The number of guanidine groups is 1. The summed E-state index contributed by atoms with van der Waals surface area (Å²) in [6.45, 7) is 4.59. The average molecular weight is 302 g/mol. The zero-order valence-corrected chi connectivity index (χ0v) is 13.6. The van der Waals surface area contributed by atoms with Gasteiger partial charge in [-0.1, -0.05) is 25.1 Å². The number of anilines is 1. The number of hydrogen-bond donors (Lipinski definition) is 2. The molecule has 5 nitrogen and oxygen atoms in total. The highest BCUT2D eigenvalue weighted by atomic mass is 16.2. The number of nitrogens with zero attached hydrogens (tertiary/aromatic N) is 2. The fourth-order valence-electron chi connectivity index (χ4n) is 2.64. The third kappa shape index (κ3) is 4.23. The predicted molar refractivity (Wildman–Crippen MR) is 91.4 cm³/mol. The first kappa shape index (κ1) is 16.3. The van der Waals surface area contributed by atoms with Gasteiger partial charge in [0.15, 0.2) is 5.96 Å². The Labute approximate surface area is 132 Å². The van der Waals surface area contributed by atoms with E-state index >= 15 is 0 Å². The van der Waals surface area contributed by atoms with Crippen molar-refractivity contribution in [2.24, 2.45) is 4.99 Å². The lowest BCUT2D eigenvalue weighted by atomic mass is 10.2. The second kappa shape index (κ2) is 8.41. The maximum Gasteiger partial charge on any atom is 0.227 e. The molecule has 0 saturated heterocycles. The van der Waals surface area contributed by atoms with E-state index in [1.165, 1.54) is 5.56 Å². The quantitative estimate of drug-likeness (QED) is 0.479. The molecule has 2 rings (SSSR count). The molecule has 1 amide bonds. The highest BCUT2D eigenvalue weighted by molar-refractivity contribution is 5.95. The maximum atomic E-state index is 12.3. The van der Waals surface area contributed by atoms with Gasteiger partial charge in [-0.2, -0.15) is 0 Å². The molecular weight excluding hydrogens is 276 g/mol. The largest absolute Gasteiger partial charge is 0.356 e. The van der Waals surface area contributed by atoms with Gasteiger partial charge < -0.3 is 15.5 Å². The number of benzene rings is 1. The van der Waals surface area contributed by atoms with Crippen LogP contribution in [0.4, 0.5) is 5.69 Å². The van der Waals surface area contributed by atoms with Crippen LogP contribution in [0.1, 0.15) is 31.7 Å². The summed E-state index contributed by atoms with van der Waals surface area (Å²) in [4.78, 5) is 18.4. The van der Waals surface area contributed by atoms with Crippen LogP contribution >= 0.6 is 0 Å². The van der Waals surface area contributed by atoms with Crippen molar-refractivity contribution >= 4 is 17.6 Å². The summed E-state index contributed by atoms with van der Waals surface area (Å²) in [5, 5.41) is 6.46. The SMILES string of the molecule is CCCNC(=NC)NCCCC(=O)N1CCc2ccccc21. The molecule has 0 fully saturated rings. The lowest BCUT2D eigenvalue weighted by Gasteiger charge is -2.17. The molecule has 22 heavy (non-hydrogen) atoms. The minimum Gasteiger partial charge on any atom is -0.356 e. The number of amides is 1. The van der Waals surface area contributed by atoms with Crippen LogP contribution in [0.15, 0.2) is 29.3 Å². The highest BCUT2D eigenvalue weighted by Gasteiger charge is 2.23. The Hall–Kier alpha value is -2.04. The van der Waals surface area contributed by atoms with Crippen molar-refractivity contribution in [1.82, 2.24) is 10.6 Å². The van der Waals surface area contributed by atoms with Gasteiger partial charge in [-0.05, 0) is 30.9 Å². The molecule has 0 saturated carbocycles. The van der Waals surface area contributed by atoms with Gasteiger partial charge in [0.1, 0.15) is 0 Å². The second-order valence-electron chi connectivity index (χ2n) is 5.45. The van der Waals surface area contributed by atoms with Gasteiger partial charge in [-0.15, -0.1) is 0 Å². The number of carbonyl (C=O) groups is 1. The van der Waals surface area contributed by atoms with Crippen molar-refractivity contribution in [1.29, 1.82) is 0 Å². The van der Waals surface area contributed by atoms with Crippen molar-refractivity contribution in [2.75, 3.05) is 31.6 Å². The Morgan fingerprint density at radius 2 is 2.05 bits per heavy atom. The molecule has 0 radical (unpaired) electrons. The van der Waals surface area contributed by atoms with Crippen molar-refractivity contribution in [3.8, 4) is 0 Å². The third-order valence-electron chi connectivity index (χ3n) is 3.81. The Balaban J connectivity index is 1.73. The van der Waals surface area contributed by atoms with E-state index in [0.717, 1.165) is 50.5 Å². The molecule has 1 aromatic carbocycles. The lowest BCUT2D eigenvalue weighted by Crippen LogP contribution is -2.38. The molecule has 2 N–H and O–H groups in total. The summed E-state index contributed by atoms with van der Waals surface area (Å²) < 4.78 is 0. The molecule has 5 heteroatoms. The third-order valence-corrected chi connectivity index (χ3v) is 3.81.